The molecule has 0 amide bonds. The molecule has 0 saturated heterocycles. The predicted molar refractivity (Wildman–Crippen MR) is 277 cm³/mol. The summed E-state index contributed by atoms with van der Waals surface area (Å²) in [4.78, 5) is 11.2. The number of fused-ring (bicyclic) bond motifs is 3. The van der Waals surface area contributed by atoms with E-state index in [0.29, 0.717) is 0 Å². The van der Waals surface area contributed by atoms with Crippen LogP contribution in [0.15, 0.2) is 237 Å². The summed E-state index contributed by atoms with van der Waals surface area (Å²) in [5.41, 5.74) is 18.3. The minimum atomic E-state index is 0.869. The molecule has 0 bridgehead atoms. The minimum absolute atomic E-state index is 0.869. The molecule has 0 aliphatic heterocycles. The van der Waals surface area contributed by atoms with Gasteiger partial charge in [0.15, 0.2) is 0 Å². The lowest BCUT2D eigenvalue weighted by atomic mass is 10.0. The number of nitrogens with zero attached hydrogens (tertiary/aromatic N) is 5. The zero-order valence-corrected chi connectivity index (χ0v) is 37.3. The lowest BCUT2D eigenvalue weighted by Crippen LogP contribution is -2.00. The summed E-state index contributed by atoms with van der Waals surface area (Å²) in [5.74, 6) is 1.74. The van der Waals surface area contributed by atoms with Crippen molar-refractivity contribution in [1.82, 2.24) is 23.7 Å². The average Bonchev–Trinajstić information content (AvgIpc) is 4.09. The Balaban J connectivity index is 1.15. The second kappa shape index (κ2) is 16.6. The van der Waals surface area contributed by atoms with Crippen LogP contribution in [0.5, 0.6) is 0 Å². The fourth-order valence-corrected chi connectivity index (χ4v) is 9.65. The number of hydrogen-bond acceptors (Lipinski definition) is 2. The first-order valence-corrected chi connectivity index (χ1v) is 22.8. The molecular formula is C62H45N5. The molecule has 5 nitrogen and oxygen atoms in total. The number of benzene rings is 9. The highest BCUT2D eigenvalue weighted by Gasteiger charge is 2.26. The van der Waals surface area contributed by atoms with Gasteiger partial charge in [-0.05, 0) is 97.8 Å². The highest BCUT2D eigenvalue weighted by Crippen LogP contribution is 2.44. The number of hydrogen-bond donors (Lipinski definition) is 0. The molecule has 0 spiro atoms. The summed E-state index contributed by atoms with van der Waals surface area (Å²) in [5, 5.41) is 2.25. The van der Waals surface area contributed by atoms with Crippen molar-refractivity contribution in [2.45, 2.75) is 13.8 Å². The van der Waals surface area contributed by atoms with Crippen LogP contribution in [0, 0.1) is 13.8 Å². The van der Waals surface area contributed by atoms with Gasteiger partial charge in [-0.2, -0.15) is 0 Å². The van der Waals surface area contributed by atoms with Crippen LogP contribution in [-0.4, -0.2) is 23.7 Å². The highest BCUT2D eigenvalue weighted by molar-refractivity contribution is 6.11. The standard InChI is InChI=1S/C62H45N5/c1-42-33-36-52(39-43(42)2)65-55-37-34-48(61-63-57(44-21-9-3-10-22-44)59(46-25-13-5-14-26-46)66(61)50-29-17-7-18-30-50)40-53(55)54-41-49(35-38-56(54)65)62-64-58(45-23-11-4-12-24-45)60(47-27-15-6-16-28-47)67(62)51-31-19-8-20-32-51/h3-41H,1-2H3. The summed E-state index contributed by atoms with van der Waals surface area (Å²) in [7, 11) is 0. The molecule has 0 fully saturated rings. The van der Waals surface area contributed by atoms with E-state index in [-0.39, 0.29) is 0 Å². The molecule has 0 unspecified atom stereocenters. The van der Waals surface area contributed by atoms with Crippen molar-refractivity contribution in [2.75, 3.05) is 0 Å². The number of aromatic nitrogens is 5. The van der Waals surface area contributed by atoms with E-state index in [2.05, 4.69) is 264 Å². The Hall–Kier alpha value is -8.80. The second-order valence-electron chi connectivity index (χ2n) is 17.1. The van der Waals surface area contributed by atoms with Gasteiger partial charge in [0.25, 0.3) is 0 Å². The molecule has 5 heteroatoms. The minimum Gasteiger partial charge on any atom is -0.309 e. The van der Waals surface area contributed by atoms with Gasteiger partial charge < -0.3 is 4.57 Å². The summed E-state index contributed by atoms with van der Waals surface area (Å²) < 4.78 is 7.08. The quantitative estimate of drug-likeness (QED) is 0.145. The van der Waals surface area contributed by atoms with Crippen LogP contribution in [0.4, 0.5) is 0 Å². The monoisotopic (exact) mass is 859 g/mol. The van der Waals surface area contributed by atoms with Gasteiger partial charge in [0.1, 0.15) is 11.6 Å². The first-order valence-electron chi connectivity index (χ1n) is 22.8. The third-order valence-electron chi connectivity index (χ3n) is 13.0. The first kappa shape index (κ1) is 39.8. The van der Waals surface area contributed by atoms with Gasteiger partial charge >= 0.3 is 0 Å². The van der Waals surface area contributed by atoms with Gasteiger partial charge in [0, 0.05) is 61.2 Å². The molecule has 0 saturated carbocycles. The van der Waals surface area contributed by atoms with Crippen LogP contribution >= 0.6 is 0 Å². The predicted octanol–water partition coefficient (Wildman–Crippen LogP) is 15.8. The van der Waals surface area contributed by atoms with Gasteiger partial charge in [0.05, 0.1) is 33.8 Å². The van der Waals surface area contributed by atoms with Crippen molar-refractivity contribution in [2.24, 2.45) is 0 Å². The van der Waals surface area contributed by atoms with Crippen LogP contribution in [0.2, 0.25) is 0 Å². The van der Waals surface area contributed by atoms with Crippen LogP contribution in [0.1, 0.15) is 11.1 Å². The third kappa shape index (κ3) is 6.96. The van der Waals surface area contributed by atoms with Crippen LogP contribution in [0.3, 0.4) is 0 Å². The van der Waals surface area contributed by atoms with Gasteiger partial charge in [-0.1, -0.05) is 164 Å². The average molecular weight is 860 g/mol. The summed E-state index contributed by atoms with van der Waals surface area (Å²) in [6, 6.07) is 84.1. The van der Waals surface area contributed by atoms with E-state index in [1.165, 1.54) is 11.1 Å². The molecule has 67 heavy (non-hydrogen) atoms. The van der Waals surface area contributed by atoms with E-state index < -0.39 is 0 Å². The summed E-state index contributed by atoms with van der Waals surface area (Å²) in [6.07, 6.45) is 0. The fraction of sp³-hybridized carbons (Fsp3) is 0.0323. The lowest BCUT2D eigenvalue weighted by molar-refractivity contribution is 1.07. The zero-order valence-electron chi connectivity index (χ0n) is 37.3. The normalized spacial score (nSPS) is 11.4. The molecule has 12 aromatic rings. The molecule has 0 atom stereocenters. The number of para-hydroxylation sites is 2. The van der Waals surface area contributed by atoms with Crippen molar-refractivity contribution in [1.29, 1.82) is 0 Å². The molecule has 0 aliphatic carbocycles. The molecule has 318 valence electrons. The van der Waals surface area contributed by atoms with Gasteiger partial charge in [-0.25, -0.2) is 9.97 Å². The van der Waals surface area contributed by atoms with E-state index in [0.717, 1.165) is 107 Å². The van der Waals surface area contributed by atoms with Crippen molar-refractivity contribution in [3.8, 4) is 84.9 Å². The van der Waals surface area contributed by atoms with Crippen molar-refractivity contribution < 1.29 is 0 Å². The van der Waals surface area contributed by atoms with Crippen LogP contribution in [0.25, 0.3) is 107 Å². The van der Waals surface area contributed by atoms with Crippen LogP contribution in [-0.2, 0) is 0 Å². The van der Waals surface area contributed by atoms with E-state index in [1.54, 1.807) is 0 Å². The van der Waals surface area contributed by atoms with Crippen molar-refractivity contribution >= 4 is 21.8 Å². The topological polar surface area (TPSA) is 40.6 Å². The largest absolute Gasteiger partial charge is 0.309 e. The molecule has 0 aliphatic rings. The Morgan fingerprint density at radius 2 is 0.657 bits per heavy atom. The lowest BCUT2D eigenvalue weighted by Gasteiger charge is -2.14. The van der Waals surface area contributed by atoms with Gasteiger partial charge in [-0.3, -0.25) is 9.13 Å². The van der Waals surface area contributed by atoms with E-state index >= 15 is 0 Å². The van der Waals surface area contributed by atoms with E-state index in [1.807, 2.05) is 0 Å². The molecule has 3 heterocycles. The molecule has 3 aromatic heterocycles. The smallest absolute Gasteiger partial charge is 0.145 e. The maximum absolute atomic E-state index is 5.60. The SMILES string of the molecule is Cc1ccc(-n2c3ccc(-c4nc(-c5ccccc5)c(-c5ccccc5)n4-c4ccccc4)cc3c3cc(-c4nc(-c5ccccc5)c(-c5ccccc5)n4-c4ccccc4)ccc32)cc1C. The van der Waals surface area contributed by atoms with Crippen molar-refractivity contribution in [3.05, 3.63) is 248 Å². The Labute approximate surface area is 390 Å². The highest BCUT2D eigenvalue weighted by atomic mass is 15.1. The molecular weight excluding hydrogens is 815 g/mol. The fourth-order valence-electron chi connectivity index (χ4n) is 9.65. The zero-order chi connectivity index (χ0) is 44.8. The molecule has 0 N–H and O–H groups in total. The van der Waals surface area contributed by atoms with Crippen molar-refractivity contribution in [3.63, 3.8) is 0 Å². The van der Waals surface area contributed by atoms with Crippen LogP contribution < -0.4 is 0 Å². The summed E-state index contributed by atoms with van der Waals surface area (Å²) >= 11 is 0. The molecule has 9 aromatic carbocycles. The Morgan fingerprint density at radius 1 is 0.284 bits per heavy atom. The number of aryl methyl sites for hydroxylation is 2. The van der Waals surface area contributed by atoms with Gasteiger partial charge in [-0.15, -0.1) is 0 Å². The number of rotatable bonds is 9. The van der Waals surface area contributed by atoms with E-state index in [4.69, 9.17) is 9.97 Å². The molecule has 12 rings (SSSR count). The Morgan fingerprint density at radius 3 is 1.04 bits per heavy atom. The van der Waals surface area contributed by atoms with E-state index in [9.17, 15) is 0 Å². The molecule has 0 radical (unpaired) electrons. The summed E-state index contributed by atoms with van der Waals surface area (Å²) in [6.45, 7) is 4.37. The maximum atomic E-state index is 5.60. The second-order valence-corrected chi connectivity index (χ2v) is 17.1. The Bertz CT molecular complexity index is 3500. The first-order chi connectivity index (χ1) is 33.1. The number of imidazole rings is 2. The maximum Gasteiger partial charge on any atom is 0.145 e. The Kier molecular flexibility index (Phi) is 9.88. The van der Waals surface area contributed by atoms with Gasteiger partial charge in [0.2, 0.25) is 0 Å². The third-order valence-corrected chi connectivity index (χ3v) is 13.0.